The molecule has 1 heterocycles. The number of aryl methyl sites for hydroxylation is 1. The average molecular weight is 435 g/mol. The van der Waals surface area contributed by atoms with Gasteiger partial charge in [0.25, 0.3) is 5.91 Å². The number of fused-ring (bicyclic) bond motifs is 1. The summed E-state index contributed by atoms with van der Waals surface area (Å²) in [6.45, 7) is 4.13. The van der Waals surface area contributed by atoms with Crippen LogP contribution in [-0.2, 0) is 20.6 Å². The molecule has 3 rings (SSSR count). The first-order chi connectivity index (χ1) is 13.9. The number of hydrogen-bond acceptors (Lipinski definition) is 5. The van der Waals surface area contributed by atoms with E-state index in [1.807, 2.05) is 0 Å². The number of carbonyl (C=O) groups excluding carboxylic acids is 1. The van der Waals surface area contributed by atoms with Gasteiger partial charge in [-0.1, -0.05) is 42.0 Å². The fraction of sp³-hybridized carbons (Fsp3) is 0.381. The largest absolute Gasteiger partial charge is 0.476 e. The van der Waals surface area contributed by atoms with E-state index in [9.17, 15) is 13.2 Å². The third-order valence-corrected chi connectivity index (χ3v) is 7.44. The molecule has 0 unspecified atom stereocenters. The molecule has 0 spiro atoms. The van der Waals surface area contributed by atoms with Crippen LogP contribution in [0.2, 0.25) is 0 Å². The Kier molecular flexibility index (Phi) is 7.08. The van der Waals surface area contributed by atoms with Gasteiger partial charge >= 0.3 is 0 Å². The van der Waals surface area contributed by atoms with Gasteiger partial charge in [0, 0.05) is 18.1 Å². The zero-order valence-electron chi connectivity index (χ0n) is 16.6. The van der Waals surface area contributed by atoms with Crippen LogP contribution in [0.1, 0.15) is 18.1 Å². The van der Waals surface area contributed by atoms with E-state index in [-0.39, 0.29) is 18.2 Å². The average Bonchev–Trinajstić information content (AvgIpc) is 2.73. The van der Waals surface area contributed by atoms with E-state index in [0.29, 0.717) is 18.0 Å². The highest BCUT2D eigenvalue weighted by atomic mass is 32.2. The van der Waals surface area contributed by atoms with Crippen LogP contribution in [0.5, 0.6) is 5.75 Å². The third-order valence-electron chi connectivity index (χ3n) is 4.66. The third kappa shape index (κ3) is 5.45. The molecule has 2 aromatic carbocycles. The predicted octanol–water partition coefficient (Wildman–Crippen LogP) is 2.96. The number of carbonyl (C=O) groups is 1. The molecule has 2 aromatic rings. The second kappa shape index (κ2) is 9.54. The van der Waals surface area contributed by atoms with Crippen molar-refractivity contribution >= 4 is 33.4 Å². The number of thioether (sulfide) groups is 1. The topological polar surface area (TPSA) is 75.7 Å². The van der Waals surface area contributed by atoms with Crippen LogP contribution in [0.4, 0.5) is 5.69 Å². The number of benzene rings is 2. The van der Waals surface area contributed by atoms with E-state index >= 15 is 0 Å². The number of sulfonamides is 1. The Hall–Kier alpha value is -2.19. The molecular weight excluding hydrogens is 408 g/mol. The van der Waals surface area contributed by atoms with Gasteiger partial charge in [-0.3, -0.25) is 9.10 Å². The van der Waals surface area contributed by atoms with Crippen molar-refractivity contribution in [3.63, 3.8) is 0 Å². The molecule has 1 aliphatic rings. The summed E-state index contributed by atoms with van der Waals surface area (Å²) in [5, 5.41) is 2.86. The van der Waals surface area contributed by atoms with Crippen LogP contribution in [0, 0.1) is 6.92 Å². The van der Waals surface area contributed by atoms with Gasteiger partial charge in [-0.2, -0.15) is 11.8 Å². The van der Waals surface area contributed by atoms with Crippen molar-refractivity contribution in [2.45, 2.75) is 25.7 Å². The molecule has 0 aromatic heterocycles. The zero-order valence-corrected chi connectivity index (χ0v) is 18.3. The van der Waals surface area contributed by atoms with E-state index < -0.39 is 16.1 Å². The molecule has 0 bridgehead atoms. The van der Waals surface area contributed by atoms with E-state index in [1.165, 1.54) is 15.4 Å². The lowest BCUT2D eigenvalue weighted by atomic mass is 10.2. The summed E-state index contributed by atoms with van der Waals surface area (Å²) in [4.78, 5) is 12.6. The predicted molar refractivity (Wildman–Crippen MR) is 118 cm³/mol. The van der Waals surface area contributed by atoms with Crippen LogP contribution in [0.3, 0.4) is 0 Å². The number of amides is 1. The fourth-order valence-electron chi connectivity index (χ4n) is 2.99. The summed E-state index contributed by atoms with van der Waals surface area (Å²) in [6, 6.07) is 15.3. The Labute approximate surface area is 176 Å². The van der Waals surface area contributed by atoms with Crippen molar-refractivity contribution in [3.8, 4) is 5.75 Å². The minimum atomic E-state index is -3.49. The number of hydrogen-bond donors (Lipinski definition) is 1. The van der Waals surface area contributed by atoms with Crippen LogP contribution in [0.25, 0.3) is 0 Å². The smallest absolute Gasteiger partial charge is 0.263 e. The lowest BCUT2D eigenvalue weighted by Gasteiger charge is -2.34. The minimum Gasteiger partial charge on any atom is -0.476 e. The van der Waals surface area contributed by atoms with Gasteiger partial charge in [0.05, 0.1) is 18.0 Å². The molecular formula is C21H26N2O4S2. The summed E-state index contributed by atoms with van der Waals surface area (Å²) < 4.78 is 32.0. The number of rotatable bonds is 8. The second-order valence-electron chi connectivity index (χ2n) is 6.84. The number of nitrogens with zero attached hydrogens (tertiary/aromatic N) is 1. The molecule has 0 aliphatic carbocycles. The summed E-state index contributed by atoms with van der Waals surface area (Å²) in [7, 11) is -3.49. The summed E-state index contributed by atoms with van der Waals surface area (Å²) in [5.41, 5.74) is 2.96. The Morgan fingerprint density at radius 1 is 1.21 bits per heavy atom. The summed E-state index contributed by atoms with van der Waals surface area (Å²) in [5.74, 6) is 1.72. The monoisotopic (exact) mass is 434 g/mol. The fourth-order valence-corrected chi connectivity index (χ4v) is 4.94. The molecule has 1 aliphatic heterocycles. The van der Waals surface area contributed by atoms with Crippen molar-refractivity contribution in [2.75, 3.05) is 28.9 Å². The van der Waals surface area contributed by atoms with Gasteiger partial charge < -0.3 is 10.1 Å². The molecule has 0 saturated heterocycles. The molecule has 1 amide bonds. The van der Waals surface area contributed by atoms with E-state index in [2.05, 4.69) is 36.5 Å². The molecule has 29 heavy (non-hydrogen) atoms. The highest BCUT2D eigenvalue weighted by Gasteiger charge is 2.35. The van der Waals surface area contributed by atoms with Gasteiger partial charge in [-0.15, -0.1) is 0 Å². The van der Waals surface area contributed by atoms with Gasteiger partial charge in [-0.25, -0.2) is 8.42 Å². The zero-order chi connectivity index (χ0) is 20.9. The molecule has 0 saturated carbocycles. The van der Waals surface area contributed by atoms with E-state index in [4.69, 9.17) is 4.74 Å². The van der Waals surface area contributed by atoms with Gasteiger partial charge in [0.15, 0.2) is 6.10 Å². The lowest BCUT2D eigenvalue weighted by Crippen LogP contribution is -2.51. The van der Waals surface area contributed by atoms with Crippen molar-refractivity contribution in [2.24, 2.45) is 0 Å². The number of anilines is 1. The Morgan fingerprint density at radius 3 is 2.66 bits per heavy atom. The number of ether oxygens (including phenoxy) is 1. The summed E-state index contributed by atoms with van der Waals surface area (Å²) in [6.07, 6.45) is -0.867. The maximum atomic E-state index is 12.6. The molecule has 0 radical (unpaired) electrons. The van der Waals surface area contributed by atoms with Crippen LogP contribution < -0.4 is 14.4 Å². The quantitative estimate of drug-likeness (QED) is 0.647. The standard InChI is InChI=1S/C21H26N2O4S2/c1-3-29(25,26)23-14-20(27-19-7-5-4-6-18(19)23)21(24)22-12-13-28-15-17-10-8-16(2)9-11-17/h4-11,20H,3,12-15H2,1-2H3,(H,22,24)/t20-/m1/s1. The maximum absolute atomic E-state index is 12.6. The Bertz CT molecular complexity index is 945. The Morgan fingerprint density at radius 2 is 1.93 bits per heavy atom. The highest BCUT2D eigenvalue weighted by molar-refractivity contribution is 7.98. The van der Waals surface area contributed by atoms with Crippen molar-refractivity contribution in [3.05, 3.63) is 59.7 Å². The van der Waals surface area contributed by atoms with Crippen molar-refractivity contribution in [1.82, 2.24) is 5.32 Å². The van der Waals surface area contributed by atoms with Gasteiger partial charge in [0.1, 0.15) is 5.75 Å². The summed E-state index contributed by atoms with van der Waals surface area (Å²) >= 11 is 1.74. The van der Waals surface area contributed by atoms with E-state index in [1.54, 1.807) is 43.0 Å². The lowest BCUT2D eigenvalue weighted by molar-refractivity contribution is -0.127. The number of para-hydroxylation sites is 2. The van der Waals surface area contributed by atoms with Gasteiger partial charge in [0.2, 0.25) is 10.0 Å². The second-order valence-corrected chi connectivity index (χ2v) is 10.1. The highest BCUT2D eigenvalue weighted by Crippen LogP contribution is 2.35. The molecule has 1 N–H and O–H groups in total. The molecule has 8 heteroatoms. The molecule has 156 valence electrons. The normalized spacial score (nSPS) is 16.1. The van der Waals surface area contributed by atoms with Crippen molar-refractivity contribution in [1.29, 1.82) is 0 Å². The first-order valence-corrected chi connectivity index (χ1v) is 12.3. The van der Waals surface area contributed by atoms with Crippen molar-refractivity contribution < 1.29 is 17.9 Å². The molecule has 1 atom stereocenters. The van der Waals surface area contributed by atoms with Crippen LogP contribution in [-0.4, -0.2) is 45.0 Å². The molecule has 0 fully saturated rings. The minimum absolute atomic E-state index is 0.0183. The van der Waals surface area contributed by atoms with Gasteiger partial charge in [-0.05, 0) is 31.5 Å². The SMILES string of the molecule is CCS(=O)(=O)N1C[C@H](C(=O)NCCSCc2ccc(C)cc2)Oc2ccccc21. The first kappa shape index (κ1) is 21.5. The maximum Gasteiger partial charge on any atom is 0.263 e. The van der Waals surface area contributed by atoms with E-state index in [0.717, 1.165) is 11.5 Å². The van der Waals surface area contributed by atoms with Crippen LogP contribution >= 0.6 is 11.8 Å². The first-order valence-electron chi connectivity index (χ1n) is 9.58. The Balaban J connectivity index is 1.53. The number of nitrogens with one attached hydrogen (secondary N) is 1. The molecule has 6 nitrogen and oxygen atoms in total. The van der Waals surface area contributed by atoms with Crippen LogP contribution in [0.15, 0.2) is 48.5 Å².